The molecule has 0 amide bonds. The highest BCUT2D eigenvalue weighted by atomic mass is 35.5. The van der Waals surface area contributed by atoms with E-state index >= 15 is 0 Å². The molecule has 3 nitrogen and oxygen atoms in total. The number of rotatable bonds is 10. The van der Waals surface area contributed by atoms with Gasteiger partial charge in [0.1, 0.15) is 12.4 Å². The van der Waals surface area contributed by atoms with Crippen molar-refractivity contribution in [3.05, 3.63) is 63.6 Å². The molecule has 0 aliphatic heterocycles. The van der Waals surface area contributed by atoms with Gasteiger partial charge in [-0.05, 0) is 56.6 Å². The van der Waals surface area contributed by atoms with Crippen LogP contribution in [0.2, 0.25) is 10.0 Å². The Kier molecular flexibility index (Phi) is 8.56. The standard InChI is InChI=1S/C20H25Cl2NO2/c1-15(2)24-12-4-11-23-13-16-7-9-17(10-8-16)25-14-18-19(21)5-3-6-20(18)22/h3,5-10,15,23H,4,11-14H2,1-2H3. The predicted molar refractivity (Wildman–Crippen MR) is 105 cm³/mol. The van der Waals surface area contributed by atoms with Gasteiger partial charge in [0.05, 0.1) is 6.10 Å². The van der Waals surface area contributed by atoms with Gasteiger partial charge in [-0.15, -0.1) is 0 Å². The van der Waals surface area contributed by atoms with Crippen molar-refractivity contribution in [1.29, 1.82) is 0 Å². The van der Waals surface area contributed by atoms with E-state index in [9.17, 15) is 0 Å². The molecule has 0 heterocycles. The summed E-state index contributed by atoms with van der Waals surface area (Å²) < 4.78 is 11.3. The topological polar surface area (TPSA) is 30.5 Å². The lowest BCUT2D eigenvalue weighted by atomic mass is 10.2. The van der Waals surface area contributed by atoms with Gasteiger partial charge in [-0.1, -0.05) is 41.4 Å². The quantitative estimate of drug-likeness (QED) is 0.552. The summed E-state index contributed by atoms with van der Waals surface area (Å²) in [5.74, 6) is 0.796. The van der Waals surface area contributed by atoms with E-state index in [0.29, 0.717) is 22.8 Å². The molecule has 5 heteroatoms. The number of benzene rings is 2. The van der Waals surface area contributed by atoms with Crippen LogP contribution in [0.5, 0.6) is 5.75 Å². The van der Waals surface area contributed by atoms with E-state index in [-0.39, 0.29) is 0 Å². The third kappa shape index (κ3) is 7.25. The van der Waals surface area contributed by atoms with Crippen LogP contribution in [0, 0.1) is 0 Å². The Balaban J connectivity index is 1.73. The fraction of sp³-hybridized carbons (Fsp3) is 0.400. The minimum atomic E-state index is 0.299. The predicted octanol–water partition coefficient (Wildman–Crippen LogP) is 5.48. The van der Waals surface area contributed by atoms with Crippen LogP contribution in [0.4, 0.5) is 0 Å². The summed E-state index contributed by atoms with van der Waals surface area (Å²) in [6.07, 6.45) is 1.31. The largest absolute Gasteiger partial charge is 0.489 e. The van der Waals surface area contributed by atoms with E-state index in [1.165, 1.54) is 5.56 Å². The number of nitrogens with one attached hydrogen (secondary N) is 1. The van der Waals surface area contributed by atoms with Crippen LogP contribution in [0.3, 0.4) is 0 Å². The highest BCUT2D eigenvalue weighted by Gasteiger charge is 2.06. The van der Waals surface area contributed by atoms with Crippen LogP contribution in [-0.2, 0) is 17.9 Å². The summed E-state index contributed by atoms with van der Waals surface area (Å²) in [7, 11) is 0. The maximum atomic E-state index is 6.15. The minimum Gasteiger partial charge on any atom is -0.489 e. The van der Waals surface area contributed by atoms with E-state index in [1.807, 2.05) is 30.3 Å². The molecule has 0 saturated carbocycles. The third-order valence-electron chi connectivity index (χ3n) is 3.65. The first-order valence-corrected chi connectivity index (χ1v) is 9.29. The maximum absolute atomic E-state index is 6.15. The van der Waals surface area contributed by atoms with Crippen LogP contribution >= 0.6 is 23.2 Å². The van der Waals surface area contributed by atoms with Gasteiger partial charge in [0.15, 0.2) is 0 Å². The summed E-state index contributed by atoms with van der Waals surface area (Å²) in [6.45, 7) is 7.02. The molecular weight excluding hydrogens is 357 g/mol. The van der Waals surface area contributed by atoms with Crippen molar-refractivity contribution < 1.29 is 9.47 Å². The van der Waals surface area contributed by atoms with Crippen molar-refractivity contribution in [2.24, 2.45) is 0 Å². The Morgan fingerprint density at radius 1 is 1.00 bits per heavy atom. The Bertz CT molecular complexity index is 624. The molecule has 2 aromatic rings. The molecule has 25 heavy (non-hydrogen) atoms. The van der Waals surface area contributed by atoms with Gasteiger partial charge in [0.25, 0.3) is 0 Å². The summed E-state index contributed by atoms with van der Waals surface area (Å²) in [5, 5.41) is 4.65. The smallest absolute Gasteiger partial charge is 0.119 e. The summed E-state index contributed by atoms with van der Waals surface area (Å²) in [5.41, 5.74) is 2.02. The fourth-order valence-corrected chi connectivity index (χ4v) is 2.78. The second-order valence-electron chi connectivity index (χ2n) is 6.08. The first-order valence-electron chi connectivity index (χ1n) is 8.53. The van der Waals surface area contributed by atoms with Gasteiger partial charge in [0, 0.05) is 28.8 Å². The SMILES string of the molecule is CC(C)OCCCNCc1ccc(OCc2c(Cl)cccc2Cl)cc1. The van der Waals surface area contributed by atoms with Crippen molar-refractivity contribution in [3.8, 4) is 5.75 Å². The number of hydrogen-bond donors (Lipinski definition) is 1. The number of hydrogen-bond acceptors (Lipinski definition) is 3. The Labute approximate surface area is 160 Å². The van der Waals surface area contributed by atoms with Gasteiger partial charge in [-0.25, -0.2) is 0 Å². The molecule has 0 fully saturated rings. The zero-order valence-corrected chi connectivity index (χ0v) is 16.2. The molecule has 0 radical (unpaired) electrons. The molecule has 136 valence electrons. The normalized spacial score (nSPS) is 11.1. The van der Waals surface area contributed by atoms with Gasteiger partial charge < -0.3 is 14.8 Å². The maximum Gasteiger partial charge on any atom is 0.119 e. The van der Waals surface area contributed by atoms with Gasteiger partial charge in [0.2, 0.25) is 0 Å². The lowest BCUT2D eigenvalue weighted by Gasteiger charge is -2.11. The van der Waals surface area contributed by atoms with E-state index in [2.05, 4.69) is 31.3 Å². The van der Waals surface area contributed by atoms with E-state index < -0.39 is 0 Å². The van der Waals surface area contributed by atoms with E-state index in [4.69, 9.17) is 32.7 Å². The zero-order valence-electron chi connectivity index (χ0n) is 14.7. The monoisotopic (exact) mass is 381 g/mol. The average molecular weight is 382 g/mol. The molecule has 0 unspecified atom stereocenters. The van der Waals surface area contributed by atoms with Crippen LogP contribution in [-0.4, -0.2) is 19.3 Å². The summed E-state index contributed by atoms with van der Waals surface area (Å²) >= 11 is 12.3. The van der Waals surface area contributed by atoms with Gasteiger partial charge in [-0.2, -0.15) is 0 Å². The van der Waals surface area contributed by atoms with Crippen LogP contribution in [0.25, 0.3) is 0 Å². The molecule has 0 aromatic heterocycles. The van der Waals surface area contributed by atoms with Crippen molar-refractivity contribution in [2.75, 3.05) is 13.2 Å². The first-order chi connectivity index (χ1) is 12.1. The fourth-order valence-electron chi connectivity index (χ4n) is 2.28. The molecule has 0 atom stereocenters. The van der Waals surface area contributed by atoms with E-state index in [0.717, 1.165) is 37.4 Å². The number of ether oxygens (including phenoxy) is 2. The Hall–Kier alpha value is -1.26. The molecule has 2 rings (SSSR count). The van der Waals surface area contributed by atoms with Crippen LogP contribution < -0.4 is 10.1 Å². The molecule has 0 aliphatic carbocycles. The van der Waals surface area contributed by atoms with Gasteiger partial charge in [-0.3, -0.25) is 0 Å². The van der Waals surface area contributed by atoms with Crippen molar-refractivity contribution in [3.63, 3.8) is 0 Å². The van der Waals surface area contributed by atoms with Crippen LogP contribution in [0.15, 0.2) is 42.5 Å². The lowest BCUT2D eigenvalue weighted by Crippen LogP contribution is -2.17. The van der Waals surface area contributed by atoms with Crippen molar-refractivity contribution >= 4 is 23.2 Å². The first kappa shape index (κ1) is 20.1. The van der Waals surface area contributed by atoms with Crippen molar-refractivity contribution in [1.82, 2.24) is 5.32 Å². The zero-order chi connectivity index (χ0) is 18.1. The average Bonchev–Trinajstić information content (AvgIpc) is 2.58. The molecule has 0 aliphatic rings. The highest BCUT2D eigenvalue weighted by molar-refractivity contribution is 6.35. The molecule has 2 aromatic carbocycles. The van der Waals surface area contributed by atoms with Gasteiger partial charge >= 0.3 is 0 Å². The van der Waals surface area contributed by atoms with E-state index in [1.54, 1.807) is 0 Å². The highest BCUT2D eigenvalue weighted by Crippen LogP contribution is 2.25. The summed E-state index contributed by atoms with van der Waals surface area (Å²) in [6, 6.07) is 13.5. The van der Waals surface area contributed by atoms with Crippen molar-refractivity contribution in [2.45, 2.75) is 39.5 Å². The second kappa shape index (κ2) is 10.7. The lowest BCUT2D eigenvalue weighted by molar-refractivity contribution is 0.0770. The molecule has 0 bridgehead atoms. The van der Waals surface area contributed by atoms with Crippen LogP contribution in [0.1, 0.15) is 31.4 Å². The molecule has 1 N–H and O–H groups in total. The molecular formula is C20H25Cl2NO2. The number of halogens is 2. The summed E-state index contributed by atoms with van der Waals surface area (Å²) in [4.78, 5) is 0. The molecule has 0 saturated heterocycles. The Morgan fingerprint density at radius 3 is 2.32 bits per heavy atom. The minimum absolute atomic E-state index is 0.299. The second-order valence-corrected chi connectivity index (χ2v) is 6.90. The molecule has 0 spiro atoms. The third-order valence-corrected chi connectivity index (χ3v) is 4.35. The Morgan fingerprint density at radius 2 is 1.68 bits per heavy atom.